The first-order valence-electron chi connectivity index (χ1n) is 7.95. The van der Waals surface area contributed by atoms with E-state index in [0.29, 0.717) is 18.0 Å². The lowest BCUT2D eigenvalue weighted by Crippen LogP contribution is -2.23. The second-order valence-electron chi connectivity index (χ2n) is 5.54. The zero-order chi connectivity index (χ0) is 16.8. The van der Waals surface area contributed by atoms with Crippen LogP contribution in [0.1, 0.15) is 48.8 Å². The lowest BCUT2D eigenvalue weighted by molar-refractivity contribution is 0.0949. The molecule has 1 N–H and O–H groups in total. The third-order valence-corrected chi connectivity index (χ3v) is 3.63. The van der Waals surface area contributed by atoms with Crippen molar-refractivity contribution < 1.29 is 9.53 Å². The second kappa shape index (κ2) is 7.76. The van der Waals surface area contributed by atoms with E-state index in [-0.39, 0.29) is 12.0 Å². The summed E-state index contributed by atoms with van der Waals surface area (Å²) in [5.41, 5.74) is 2.38. The van der Waals surface area contributed by atoms with Crippen molar-refractivity contribution in [1.29, 1.82) is 0 Å². The number of amides is 1. The SMILES string of the molecule is CCc1nn(C)cc1C(=O)NCc1ccnc(OC(C)CC)c1. The minimum atomic E-state index is -0.115. The number of pyridine rings is 1. The lowest BCUT2D eigenvalue weighted by atomic mass is 10.2. The molecular formula is C17H24N4O2. The molecule has 0 saturated heterocycles. The van der Waals surface area contributed by atoms with Gasteiger partial charge in [0.1, 0.15) is 0 Å². The van der Waals surface area contributed by atoms with Crippen LogP contribution in [0.15, 0.2) is 24.5 Å². The molecule has 0 aliphatic carbocycles. The van der Waals surface area contributed by atoms with Crippen molar-refractivity contribution in [2.24, 2.45) is 7.05 Å². The van der Waals surface area contributed by atoms with E-state index >= 15 is 0 Å². The smallest absolute Gasteiger partial charge is 0.255 e. The fourth-order valence-electron chi connectivity index (χ4n) is 2.18. The first-order valence-corrected chi connectivity index (χ1v) is 7.95. The van der Waals surface area contributed by atoms with E-state index in [1.807, 2.05) is 33.0 Å². The Kier molecular flexibility index (Phi) is 5.73. The Morgan fingerprint density at radius 3 is 2.91 bits per heavy atom. The van der Waals surface area contributed by atoms with E-state index < -0.39 is 0 Å². The summed E-state index contributed by atoms with van der Waals surface area (Å²) in [6.45, 7) is 6.48. The Bertz CT molecular complexity index is 666. The van der Waals surface area contributed by atoms with Crippen LogP contribution in [-0.4, -0.2) is 26.8 Å². The van der Waals surface area contributed by atoms with Crippen LogP contribution in [0.2, 0.25) is 0 Å². The summed E-state index contributed by atoms with van der Waals surface area (Å²) in [4.78, 5) is 16.5. The molecule has 0 aliphatic rings. The Labute approximate surface area is 136 Å². The maximum atomic E-state index is 12.3. The minimum Gasteiger partial charge on any atom is -0.475 e. The highest BCUT2D eigenvalue weighted by Gasteiger charge is 2.14. The number of hydrogen-bond acceptors (Lipinski definition) is 4. The van der Waals surface area contributed by atoms with Gasteiger partial charge in [0, 0.05) is 32.1 Å². The predicted octanol–water partition coefficient (Wildman–Crippen LogP) is 2.48. The number of rotatable bonds is 7. The lowest BCUT2D eigenvalue weighted by Gasteiger charge is -2.12. The molecule has 124 valence electrons. The molecule has 0 bridgehead atoms. The molecule has 1 atom stereocenters. The third kappa shape index (κ3) is 4.55. The van der Waals surface area contributed by atoms with Gasteiger partial charge in [-0.15, -0.1) is 0 Å². The molecule has 2 rings (SSSR count). The molecule has 0 aromatic carbocycles. The van der Waals surface area contributed by atoms with Crippen molar-refractivity contribution in [2.45, 2.75) is 46.3 Å². The van der Waals surface area contributed by atoms with Crippen LogP contribution in [0.25, 0.3) is 0 Å². The van der Waals surface area contributed by atoms with E-state index in [2.05, 4.69) is 22.3 Å². The van der Waals surface area contributed by atoms with E-state index in [4.69, 9.17) is 4.74 Å². The van der Waals surface area contributed by atoms with Crippen molar-refractivity contribution in [3.8, 4) is 5.88 Å². The molecule has 0 aliphatic heterocycles. The maximum Gasteiger partial charge on any atom is 0.255 e. The van der Waals surface area contributed by atoms with Crippen molar-refractivity contribution in [3.63, 3.8) is 0 Å². The molecule has 2 aromatic heterocycles. The van der Waals surface area contributed by atoms with Crippen LogP contribution in [0.3, 0.4) is 0 Å². The number of carbonyl (C=O) groups is 1. The van der Waals surface area contributed by atoms with Crippen molar-refractivity contribution in [3.05, 3.63) is 41.3 Å². The highest BCUT2D eigenvalue weighted by atomic mass is 16.5. The normalized spacial score (nSPS) is 12.0. The van der Waals surface area contributed by atoms with Gasteiger partial charge in [0.15, 0.2) is 0 Å². The maximum absolute atomic E-state index is 12.3. The molecule has 1 amide bonds. The Balaban J connectivity index is 2.00. The zero-order valence-corrected chi connectivity index (χ0v) is 14.2. The van der Waals surface area contributed by atoms with E-state index in [1.165, 1.54) is 0 Å². The fourth-order valence-corrected chi connectivity index (χ4v) is 2.18. The van der Waals surface area contributed by atoms with Gasteiger partial charge >= 0.3 is 0 Å². The molecule has 2 aromatic rings. The third-order valence-electron chi connectivity index (χ3n) is 3.63. The molecule has 2 heterocycles. The quantitative estimate of drug-likeness (QED) is 0.852. The van der Waals surface area contributed by atoms with Gasteiger partial charge in [-0.05, 0) is 31.4 Å². The molecular weight excluding hydrogens is 292 g/mol. The minimum absolute atomic E-state index is 0.115. The predicted molar refractivity (Wildman–Crippen MR) is 88.4 cm³/mol. The van der Waals surface area contributed by atoms with E-state index in [9.17, 15) is 4.79 Å². The van der Waals surface area contributed by atoms with Crippen molar-refractivity contribution in [1.82, 2.24) is 20.1 Å². The Morgan fingerprint density at radius 2 is 2.22 bits per heavy atom. The molecule has 1 unspecified atom stereocenters. The van der Waals surface area contributed by atoms with Gasteiger partial charge in [0.25, 0.3) is 5.91 Å². The second-order valence-corrected chi connectivity index (χ2v) is 5.54. The van der Waals surface area contributed by atoms with Crippen molar-refractivity contribution >= 4 is 5.91 Å². The monoisotopic (exact) mass is 316 g/mol. The number of aromatic nitrogens is 3. The number of ether oxygens (including phenoxy) is 1. The van der Waals surface area contributed by atoms with Crippen LogP contribution < -0.4 is 10.1 Å². The largest absolute Gasteiger partial charge is 0.475 e. The van der Waals surface area contributed by atoms with E-state index in [1.54, 1.807) is 17.1 Å². The highest BCUT2D eigenvalue weighted by Crippen LogP contribution is 2.13. The molecule has 23 heavy (non-hydrogen) atoms. The van der Waals surface area contributed by atoms with Crippen molar-refractivity contribution in [2.75, 3.05) is 0 Å². The summed E-state index contributed by atoms with van der Waals surface area (Å²) in [5, 5.41) is 7.21. The van der Waals surface area contributed by atoms with Gasteiger partial charge in [-0.25, -0.2) is 4.98 Å². The number of aryl methyl sites for hydroxylation is 2. The van der Waals surface area contributed by atoms with Gasteiger partial charge in [0.05, 0.1) is 17.4 Å². The number of hydrogen-bond donors (Lipinski definition) is 1. The molecule has 0 fully saturated rings. The van der Waals surface area contributed by atoms with Crippen LogP contribution in [0, 0.1) is 0 Å². The van der Waals surface area contributed by atoms with E-state index in [0.717, 1.165) is 24.1 Å². The summed E-state index contributed by atoms with van der Waals surface area (Å²) >= 11 is 0. The van der Waals surface area contributed by atoms with Gasteiger partial charge in [-0.3, -0.25) is 9.48 Å². The first kappa shape index (κ1) is 17.0. The number of carbonyl (C=O) groups excluding carboxylic acids is 1. The van der Waals surface area contributed by atoms with Gasteiger partial charge < -0.3 is 10.1 Å². The van der Waals surface area contributed by atoms with Gasteiger partial charge in [-0.2, -0.15) is 5.10 Å². The van der Waals surface area contributed by atoms with Gasteiger partial charge in [0.2, 0.25) is 5.88 Å². The summed E-state index contributed by atoms with van der Waals surface area (Å²) in [7, 11) is 1.82. The fraction of sp³-hybridized carbons (Fsp3) is 0.471. The Hall–Kier alpha value is -2.37. The average molecular weight is 316 g/mol. The van der Waals surface area contributed by atoms with Crippen LogP contribution in [-0.2, 0) is 20.0 Å². The van der Waals surface area contributed by atoms with Crippen LogP contribution >= 0.6 is 0 Å². The van der Waals surface area contributed by atoms with Gasteiger partial charge in [-0.1, -0.05) is 13.8 Å². The highest BCUT2D eigenvalue weighted by molar-refractivity contribution is 5.95. The molecule has 6 heteroatoms. The average Bonchev–Trinajstić information content (AvgIpc) is 2.94. The molecule has 0 spiro atoms. The standard InChI is InChI=1S/C17H24N4O2/c1-5-12(3)23-16-9-13(7-8-18-16)10-19-17(22)14-11-21(4)20-15(14)6-2/h7-9,11-12H,5-6,10H2,1-4H3,(H,19,22). The summed E-state index contributed by atoms with van der Waals surface area (Å²) in [6.07, 6.45) is 5.21. The molecule has 0 saturated carbocycles. The van der Waals surface area contributed by atoms with Crippen LogP contribution in [0.5, 0.6) is 5.88 Å². The first-order chi connectivity index (χ1) is 11.0. The molecule has 6 nitrogen and oxygen atoms in total. The summed E-state index contributed by atoms with van der Waals surface area (Å²) in [6, 6.07) is 3.73. The number of nitrogens with zero attached hydrogens (tertiary/aromatic N) is 3. The topological polar surface area (TPSA) is 69.0 Å². The zero-order valence-electron chi connectivity index (χ0n) is 14.2. The van der Waals surface area contributed by atoms with Crippen LogP contribution in [0.4, 0.5) is 0 Å². The summed E-state index contributed by atoms with van der Waals surface area (Å²) in [5.74, 6) is 0.470. The number of nitrogens with one attached hydrogen (secondary N) is 1. The molecule has 0 radical (unpaired) electrons. The summed E-state index contributed by atoms with van der Waals surface area (Å²) < 4.78 is 7.36. The Morgan fingerprint density at radius 1 is 1.43 bits per heavy atom.